The molecule has 0 bridgehead atoms. The molecular formula is C9H16ClNO3. The number of esters is 1. The first-order valence-electron chi connectivity index (χ1n) is 4.30. The van der Waals surface area contributed by atoms with Crippen LogP contribution in [0.4, 0.5) is 0 Å². The molecule has 0 spiro atoms. The Kier molecular flexibility index (Phi) is 4.91. The van der Waals surface area contributed by atoms with Gasteiger partial charge in [0.05, 0.1) is 12.5 Å². The van der Waals surface area contributed by atoms with Crippen LogP contribution in [-0.4, -0.2) is 30.9 Å². The van der Waals surface area contributed by atoms with E-state index in [4.69, 9.17) is 11.6 Å². The van der Waals surface area contributed by atoms with Crippen LogP contribution >= 0.6 is 11.6 Å². The van der Waals surface area contributed by atoms with E-state index in [-0.39, 0.29) is 11.8 Å². The monoisotopic (exact) mass is 221 g/mol. The van der Waals surface area contributed by atoms with Crippen LogP contribution in [0.15, 0.2) is 0 Å². The number of halogens is 1. The summed E-state index contributed by atoms with van der Waals surface area (Å²) in [4.78, 5) is 22.5. The van der Waals surface area contributed by atoms with Crippen LogP contribution in [0.2, 0.25) is 0 Å². The summed E-state index contributed by atoms with van der Waals surface area (Å²) in [5.41, 5.74) is -0.677. The summed E-state index contributed by atoms with van der Waals surface area (Å²) in [5, 5.41) is 2.52. The van der Waals surface area contributed by atoms with Crippen molar-refractivity contribution in [2.45, 2.75) is 26.8 Å². The van der Waals surface area contributed by atoms with E-state index in [0.29, 0.717) is 0 Å². The molecule has 0 rings (SSSR count). The van der Waals surface area contributed by atoms with Crippen molar-refractivity contribution in [1.82, 2.24) is 5.32 Å². The molecule has 1 amide bonds. The van der Waals surface area contributed by atoms with Crippen molar-refractivity contribution in [3.63, 3.8) is 0 Å². The first kappa shape index (κ1) is 13.2. The fourth-order valence-corrected chi connectivity index (χ4v) is 0.810. The molecule has 0 fully saturated rings. The molecule has 0 heterocycles. The fourth-order valence-electron chi connectivity index (χ4n) is 0.688. The van der Waals surface area contributed by atoms with E-state index < -0.39 is 17.4 Å². The van der Waals surface area contributed by atoms with Gasteiger partial charge in [0.25, 0.3) is 0 Å². The molecule has 0 saturated carbocycles. The van der Waals surface area contributed by atoms with Gasteiger partial charge in [-0.05, 0) is 20.8 Å². The van der Waals surface area contributed by atoms with E-state index >= 15 is 0 Å². The number of carbonyl (C=O) groups excluding carboxylic acids is 2. The standard InChI is InChI=1S/C9H16ClNO3/c1-6(7(12)14-4)11-8(13)9(2,3)5-10/h6H,5H2,1-4H3,(H,11,13). The fraction of sp³-hybridized carbons (Fsp3) is 0.778. The van der Waals surface area contributed by atoms with Crippen molar-refractivity contribution in [3.8, 4) is 0 Å². The summed E-state index contributed by atoms with van der Waals surface area (Å²) < 4.78 is 4.47. The van der Waals surface area contributed by atoms with Crippen molar-refractivity contribution >= 4 is 23.5 Å². The Morgan fingerprint density at radius 1 is 1.50 bits per heavy atom. The minimum atomic E-state index is -0.677. The number of amides is 1. The third-order valence-corrected chi connectivity index (χ3v) is 2.52. The molecule has 0 saturated heterocycles. The molecule has 0 aromatic carbocycles. The number of carbonyl (C=O) groups is 2. The van der Waals surface area contributed by atoms with Gasteiger partial charge in [-0.25, -0.2) is 4.79 Å². The van der Waals surface area contributed by atoms with Gasteiger partial charge >= 0.3 is 5.97 Å². The van der Waals surface area contributed by atoms with Gasteiger partial charge in [0.2, 0.25) is 5.91 Å². The van der Waals surface area contributed by atoms with Gasteiger partial charge in [0.1, 0.15) is 6.04 Å². The molecule has 1 unspecified atom stereocenters. The van der Waals surface area contributed by atoms with Crippen LogP contribution in [0.5, 0.6) is 0 Å². The summed E-state index contributed by atoms with van der Waals surface area (Å²) in [6.45, 7) is 4.98. The predicted molar refractivity (Wildman–Crippen MR) is 54.1 cm³/mol. The second-order valence-corrected chi connectivity index (χ2v) is 4.00. The minimum Gasteiger partial charge on any atom is -0.467 e. The van der Waals surface area contributed by atoms with Gasteiger partial charge in [-0.1, -0.05) is 0 Å². The summed E-state index contributed by atoms with van der Waals surface area (Å²) in [5.74, 6) is -0.527. The van der Waals surface area contributed by atoms with Crippen LogP contribution in [-0.2, 0) is 14.3 Å². The van der Waals surface area contributed by atoms with Gasteiger partial charge in [-0.15, -0.1) is 11.6 Å². The topological polar surface area (TPSA) is 55.4 Å². The lowest BCUT2D eigenvalue weighted by Gasteiger charge is -2.22. The first-order chi connectivity index (χ1) is 6.35. The summed E-state index contributed by atoms with van der Waals surface area (Å²) >= 11 is 5.61. The quantitative estimate of drug-likeness (QED) is 0.568. The van der Waals surface area contributed by atoms with Crippen molar-refractivity contribution in [3.05, 3.63) is 0 Å². The zero-order chi connectivity index (χ0) is 11.4. The molecule has 1 N–H and O–H groups in total. The van der Waals surface area contributed by atoms with E-state index in [1.807, 2.05) is 0 Å². The van der Waals surface area contributed by atoms with E-state index in [1.165, 1.54) is 7.11 Å². The number of hydrogen-bond donors (Lipinski definition) is 1. The highest BCUT2D eigenvalue weighted by Crippen LogP contribution is 2.17. The van der Waals surface area contributed by atoms with Gasteiger partial charge < -0.3 is 10.1 Å². The lowest BCUT2D eigenvalue weighted by atomic mass is 9.95. The van der Waals surface area contributed by atoms with Crippen LogP contribution in [0.3, 0.4) is 0 Å². The molecule has 1 atom stereocenters. The highest BCUT2D eigenvalue weighted by molar-refractivity contribution is 6.19. The SMILES string of the molecule is COC(=O)C(C)NC(=O)C(C)(C)CCl. The lowest BCUT2D eigenvalue weighted by molar-refractivity contribution is -0.145. The average Bonchev–Trinajstić information content (AvgIpc) is 2.16. The molecule has 0 aromatic heterocycles. The Balaban J connectivity index is 4.26. The number of methoxy groups -OCH3 is 1. The average molecular weight is 222 g/mol. The predicted octanol–water partition coefficient (Wildman–Crippen LogP) is 0.929. The van der Waals surface area contributed by atoms with E-state index in [0.717, 1.165) is 0 Å². The molecular weight excluding hydrogens is 206 g/mol. The molecule has 82 valence electrons. The van der Waals surface area contributed by atoms with Gasteiger partial charge in [0.15, 0.2) is 0 Å². The Hall–Kier alpha value is -0.770. The molecule has 0 aliphatic rings. The molecule has 5 heteroatoms. The van der Waals surface area contributed by atoms with Crippen molar-refractivity contribution < 1.29 is 14.3 Å². The number of hydrogen-bond acceptors (Lipinski definition) is 3. The molecule has 0 radical (unpaired) electrons. The van der Waals surface area contributed by atoms with E-state index in [9.17, 15) is 9.59 Å². The molecule has 0 aromatic rings. The maximum atomic E-state index is 11.5. The molecule has 4 nitrogen and oxygen atoms in total. The Bertz CT molecular complexity index is 228. The van der Waals surface area contributed by atoms with Crippen LogP contribution < -0.4 is 5.32 Å². The Morgan fingerprint density at radius 2 is 2.00 bits per heavy atom. The number of ether oxygens (including phenoxy) is 1. The van der Waals surface area contributed by atoms with Crippen molar-refractivity contribution in [2.24, 2.45) is 5.41 Å². The molecule has 14 heavy (non-hydrogen) atoms. The number of alkyl halides is 1. The smallest absolute Gasteiger partial charge is 0.328 e. The van der Waals surface area contributed by atoms with Gasteiger partial charge in [-0.3, -0.25) is 4.79 Å². The normalized spacial score (nSPS) is 13.2. The minimum absolute atomic E-state index is 0.201. The second kappa shape index (κ2) is 5.20. The number of nitrogens with one attached hydrogen (secondary N) is 1. The highest BCUT2D eigenvalue weighted by atomic mass is 35.5. The van der Waals surface area contributed by atoms with Gasteiger partial charge in [-0.2, -0.15) is 0 Å². The van der Waals surface area contributed by atoms with E-state index in [2.05, 4.69) is 10.1 Å². The Labute approximate surface area is 88.9 Å². The third-order valence-electron chi connectivity index (χ3n) is 1.85. The first-order valence-corrected chi connectivity index (χ1v) is 4.83. The van der Waals surface area contributed by atoms with Crippen molar-refractivity contribution in [1.29, 1.82) is 0 Å². The molecule has 0 aliphatic heterocycles. The number of rotatable bonds is 4. The summed E-state index contributed by atoms with van der Waals surface area (Å²) in [6, 6.07) is -0.644. The van der Waals surface area contributed by atoms with Gasteiger partial charge in [0, 0.05) is 5.88 Å². The van der Waals surface area contributed by atoms with E-state index in [1.54, 1.807) is 20.8 Å². The third kappa shape index (κ3) is 3.54. The molecule has 0 aliphatic carbocycles. The summed E-state index contributed by atoms with van der Waals surface area (Å²) in [6.07, 6.45) is 0. The van der Waals surface area contributed by atoms with Crippen LogP contribution in [0, 0.1) is 5.41 Å². The summed E-state index contributed by atoms with van der Waals surface area (Å²) in [7, 11) is 1.28. The van der Waals surface area contributed by atoms with Crippen LogP contribution in [0.25, 0.3) is 0 Å². The van der Waals surface area contributed by atoms with Crippen LogP contribution in [0.1, 0.15) is 20.8 Å². The van der Waals surface area contributed by atoms with Crippen molar-refractivity contribution in [2.75, 3.05) is 13.0 Å². The maximum absolute atomic E-state index is 11.5. The highest BCUT2D eigenvalue weighted by Gasteiger charge is 2.29. The lowest BCUT2D eigenvalue weighted by Crippen LogP contribution is -2.46. The second-order valence-electron chi connectivity index (χ2n) is 3.74. The zero-order valence-corrected chi connectivity index (χ0v) is 9.64. The zero-order valence-electron chi connectivity index (χ0n) is 8.89. The largest absolute Gasteiger partial charge is 0.467 e. The maximum Gasteiger partial charge on any atom is 0.328 e. The Morgan fingerprint density at radius 3 is 2.36 bits per heavy atom.